The van der Waals surface area contributed by atoms with Gasteiger partial charge in [0.15, 0.2) is 12.4 Å². The number of hydrogen-bond acceptors (Lipinski definition) is 4. The summed E-state index contributed by atoms with van der Waals surface area (Å²) >= 11 is 3.39. The van der Waals surface area contributed by atoms with Gasteiger partial charge in [0.05, 0.1) is 4.47 Å². The van der Waals surface area contributed by atoms with Crippen molar-refractivity contribution in [1.82, 2.24) is 0 Å². The topological polar surface area (TPSA) is 76.0 Å². The van der Waals surface area contributed by atoms with Crippen molar-refractivity contribution in [2.24, 2.45) is 0 Å². The zero-order valence-corrected chi connectivity index (χ0v) is 16.6. The van der Waals surface area contributed by atoms with Crippen molar-refractivity contribution in [3.8, 4) is 5.75 Å². The zero-order chi connectivity index (χ0) is 17.7. The zero-order valence-electron chi connectivity index (χ0n) is 14.1. The number of rotatable bonds is 9. The van der Waals surface area contributed by atoms with E-state index < -0.39 is 19.6 Å². The third-order valence-corrected chi connectivity index (χ3v) is 5.62. The third-order valence-electron chi connectivity index (χ3n) is 3.30. The summed E-state index contributed by atoms with van der Waals surface area (Å²) in [6.07, 6.45) is 0.0218. The molecule has 0 radical (unpaired) electrons. The van der Waals surface area contributed by atoms with E-state index in [1.165, 1.54) is 6.92 Å². The van der Waals surface area contributed by atoms with E-state index in [1.54, 1.807) is 18.2 Å². The molecule has 7 heteroatoms. The fourth-order valence-corrected chi connectivity index (χ4v) is 3.08. The van der Waals surface area contributed by atoms with Crippen LogP contribution in [0.3, 0.4) is 0 Å². The van der Waals surface area contributed by atoms with E-state index in [0.29, 0.717) is 22.4 Å². The first kappa shape index (κ1) is 20.2. The van der Waals surface area contributed by atoms with Crippen LogP contribution in [0.15, 0.2) is 22.7 Å². The van der Waals surface area contributed by atoms with Gasteiger partial charge in [0.25, 0.3) is 0 Å². The molecule has 0 saturated heterocycles. The number of halogens is 1. The predicted octanol–water partition coefficient (Wildman–Crippen LogP) is 3.52. The molecule has 1 rings (SSSR count). The Kier molecular flexibility index (Phi) is 7.25. The highest BCUT2D eigenvalue weighted by atomic mass is 79.9. The molecule has 130 valence electrons. The van der Waals surface area contributed by atoms with Crippen molar-refractivity contribution in [2.45, 2.75) is 44.6 Å². The lowest BCUT2D eigenvalue weighted by Gasteiger charge is -2.18. The predicted molar refractivity (Wildman–Crippen MR) is 95.7 cm³/mol. The van der Waals surface area contributed by atoms with Crippen LogP contribution < -0.4 is 4.74 Å². The van der Waals surface area contributed by atoms with E-state index in [2.05, 4.69) is 35.6 Å². The fraction of sp³-hybridized carbons (Fsp3) is 0.562. The van der Waals surface area contributed by atoms with Crippen LogP contribution in [0.1, 0.15) is 12.5 Å². The van der Waals surface area contributed by atoms with Gasteiger partial charge in [-0.1, -0.05) is 25.7 Å². The summed E-state index contributed by atoms with van der Waals surface area (Å²) in [4.78, 5) is 11.0. The minimum atomic E-state index is -1.79. The van der Waals surface area contributed by atoms with Crippen LogP contribution in [0.2, 0.25) is 25.7 Å². The van der Waals surface area contributed by atoms with Gasteiger partial charge in [0.1, 0.15) is 5.75 Å². The summed E-state index contributed by atoms with van der Waals surface area (Å²) in [7, 11) is -1.10. The Balaban J connectivity index is 2.52. The number of carbonyl (C=O) groups is 1. The average Bonchev–Trinajstić information content (AvgIpc) is 2.38. The monoisotopic (exact) mass is 404 g/mol. The number of carboxylic acids is 1. The summed E-state index contributed by atoms with van der Waals surface area (Å²) in [5, 5.41) is 18.8. The fourth-order valence-electron chi connectivity index (χ4n) is 1.79. The van der Waals surface area contributed by atoms with Gasteiger partial charge < -0.3 is 19.7 Å². The van der Waals surface area contributed by atoms with Gasteiger partial charge in [-0.25, -0.2) is 4.79 Å². The number of carboxylic acid groups (broad SMARTS) is 1. The van der Waals surface area contributed by atoms with Gasteiger partial charge in [-0.2, -0.15) is 0 Å². The highest BCUT2D eigenvalue weighted by molar-refractivity contribution is 9.10. The van der Waals surface area contributed by atoms with Crippen LogP contribution in [-0.4, -0.2) is 43.3 Å². The quantitative estimate of drug-likeness (QED) is 0.374. The molecule has 1 unspecified atom stereocenters. The molecule has 0 bridgehead atoms. The van der Waals surface area contributed by atoms with E-state index >= 15 is 0 Å². The number of aliphatic carboxylic acids is 1. The van der Waals surface area contributed by atoms with E-state index in [1.807, 2.05) is 0 Å². The van der Waals surface area contributed by atoms with Crippen molar-refractivity contribution in [2.75, 3.05) is 13.4 Å². The van der Waals surface area contributed by atoms with E-state index in [9.17, 15) is 9.90 Å². The number of aliphatic hydroxyl groups is 1. The first-order chi connectivity index (χ1) is 10.5. The van der Waals surface area contributed by atoms with Crippen molar-refractivity contribution >= 4 is 30.0 Å². The Hall–Kier alpha value is -0.893. The minimum Gasteiger partial charge on any atom is -0.479 e. The lowest BCUT2D eigenvalue weighted by atomic mass is 9.97. The molecule has 2 N–H and O–H groups in total. The molecule has 0 saturated carbocycles. The van der Waals surface area contributed by atoms with Crippen LogP contribution in [0.4, 0.5) is 0 Å². The van der Waals surface area contributed by atoms with E-state index in [-0.39, 0.29) is 13.2 Å². The molecular formula is C16H25BrO5Si. The second-order valence-electron chi connectivity index (χ2n) is 7.00. The van der Waals surface area contributed by atoms with Crippen LogP contribution in [0.25, 0.3) is 0 Å². The smallest absolute Gasteiger partial charge is 0.335 e. The lowest BCUT2D eigenvalue weighted by molar-refractivity contribution is -0.156. The van der Waals surface area contributed by atoms with E-state index in [4.69, 9.17) is 14.6 Å². The average molecular weight is 405 g/mol. The highest BCUT2D eigenvalue weighted by Gasteiger charge is 2.30. The molecule has 23 heavy (non-hydrogen) atoms. The van der Waals surface area contributed by atoms with Crippen molar-refractivity contribution in [3.63, 3.8) is 0 Å². The maximum Gasteiger partial charge on any atom is 0.335 e. The first-order valence-electron chi connectivity index (χ1n) is 7.46. The molecule has 1 aromatic carbocycles. The number of hydrogen-bond donors (Lipinski definition) is 2. The second-order valence-corrected chi connectivity index (χ2v) is 13.5. The van der Waals surface area contributed by atoms with Crippen LogP contribution in [-0.2, 0) is 16.0 Å². The van der Waals surface area contributed by atoms with Crippen molar-refractivity contribution in [3.05, 3.63) is 28.2 Å². The second kappa shape index (κ2) is 8.28. The summed E-state index contributed by atoms with van der Waals surface area (Å²) in [6, 6.07) is 6.30. The van der Waals surface area contributed by atoms with Crippen molar-refractivity contribution < 1.29 is 24.5 Å². The van der Waals surface area contributed by atoms with Crippen molar-refractivity contribution in [1.29, 1.82) is 0 Å². The molecule has 0 aromatic heterocycles. The standard InChI is InChI=1S/C16H25BrO5Si/c1-16(20,15(18)19)10-12-5-6-14(13(17)9-12)22-11-21-7-8-23(2,3)4/h5-6,9,20H,7-8,10-11H2,1-4H3,(H,18,19). The van der Waals surface area contributed by atoms with Gasteiger partial charge in [0, 0.05) is 21.1 Å². The molecule has 1 atom stereocenters. The number of benzene rings is 1. The molecular weight excluding hydrogens is 380 g/mol. The van der Waals surface area contributed by atoms with Gasteiger partial charge >= 0.3 is 5.97 Å². The van der Waals surface area contributed by atoms with Crippen LogP contribution >= 0.6 is 15.9 Å². The molecule has 0 spiro atoms. The largest absolute Gasteiger partial charge is 0.479 e. The Morgan fingerprint density at radius 2 is 2.00 bits per heavy atom. The summed E-state index contributed by atoms with van der Waals surface area (Å²) in [5.74, 6) is -0.624. The summed E-state index contributed by atoms with van der Waals surface area (Å²) < 4.78 is 11.7. The normalized spacial score (nSPS) is 14.3. The van der Waals surface area contributed by atoms with Crippen LogP contribution in [0, 0.1) is 0 Å². The Labute approximate surface area is 146 Å². The summed E-state index contributed by atoms with van der Waals surface area (Å²) in [6.45, 7) is 9.01. The van der Waals surface area contributed by atoms with Gasteiger partial charge in [-0.3, -0.25) is 0 Å². The lowest BCUT2D eigenvalue weighted by Crippen LogP contribution is -2.37. The Morgan fingerprint density at radius 1 is 1.35 bits per heavy atom. The Bertz CT molecular complexity index is 540. The number of ether oxygens (including phenoxy) is 2. The van der Waals surface area contributed by atoms with Gasteiger partial charge in [0.2, 0.25) is 0 Å². The molecule has 5 nitrogen and oxygen atoms in total. The molecule has 1 aromatic rings. The third kappa shape index (κ3) is 7.47. The van der Waals surface area contributed by atoms with E-state index in [0.717, 1.165) is 6.04 Å². The molecule has 0 heterocycles. The molecule has 0 aliphatic rings. The van der Waals surface area contributed by atoms with Gasteiger partial charge in [-0.15, -0.1) is 0 Å². The first-order valence-corrected chi connectivity index (χ1v) is 12.0. The molecule has 0 amide bonds. The SMILES string of the molecule is CC(O)(Cc1ccc(OCOCC[Si](C)(C)C)c(Br)c1)C(=O)O. The minimum absolute atomic E-state index is 0.0218. The molecule has 0 aliphatic heterocycles. The highest BCUT2D eigenvalue weighted by Crippen LogP contribution is 2.27. The maximum absolute atomic E-state index is 11.0. The summed E-state index contributed by atoms with van der Waals surface area (Å²) in [5.41, 5.74) is -1.09. The maximum atomic E-state index is 11.0. The van der Waals surface area contributed by atoms with Crippen LogP contribution in [0.5, 0.6) is 5.75 Å². The molecule has 0 aliphatic carbocycles. The van der Waals surface area contributed by atoms with Gasteiger partial charge in [-0.05, 0) is 46.6 Å². The Morgan fingerprint density at radius 3 is 2.52 bits per heavy atom. The molecule has 0 fully saturated rings.